The molecule has 3 rings (SSSR count). The Morgan fingerprint density at radius 2 is 1.88 bits per heavy atom. The molecule has 2 heterocycles. The van der Waals surface area contributed by atoms with Gasteiger partial charge in [0.25, 0.3) is 5.56 Å². The van der Waals surface area contributed by atoms with Crippen molar-refractivity contribution in [1.29, 1.82) is 0 Å². The first-order valence-electron chi connectivity index (χ1n) is 10.5. The van der Waals surface area contributed by atoms with Gasteiger partial charge in [-0.15, -0.1) is 4.72 Å². The standard InChI is InChI=1S/C24H31N3O4S/c1-15-12-20(17(3)26-32(29)24(4,5)6)21-25-22(16(2)23(28)27(21)13-15)31-14-18-8-10-19(30-7)11-9-18/h8-13,17,26H,14H2,1-7H3/t17-,32?/m1/s1. The maximum Gasteiger partial charge on any atom is 0.264 e. The second kappa shape index (κ2) is 9.52. The largest absolute Gasteiger partial charge is 0.598 e. The van der Waals surface area contributed by atoms with Gasteiger partial charge < -0.3 is 14.0 Å². The van der Waals surface area contributed by atoms with E-state index >= 15 is 0 Å². The fourth-order valence-corrected chi connectivity index (χ4v) is 4.01. The van der Waals surface area contributed by atoms with Gasteiger partial charge in [0, 0.05) is 23.1 Å². The number of hydrogen-bond donors (Lipinski definition) is 1. The molecule has 2 atom stereocenters. The van der Waals surface area contributed by atoms with Crippen molar-refractivity contribution in [3.05, 3.63) is 69.1 Å². The molecule has 0 aliphatic carbocycles. The molecular formula is C24H31N3O4S. The van der Waals surface area contributed by atoms with Crippen molar-refractivity contribution in [3.63, 3.8) is 0 Å². The van der Waals surface area contributed by atoms with Gasteiger partial charge in [-0.25, -0.2) is 0 Å². The Hall–Kier alpha value is -2.55. The summed E-state index contributed by atoms with van der Waals surface area (Å²) in [5.41, 5.74) is 3.38. The van der Waals surface area contributed by atoms with Gasteiger partial charge in [0.15, 0.2) is 0 Å². The zero-order valence-corrected chi connectivity index (χ0v) is 20.5. The summed E-state index contributed by atoms with van der Waals surface area (Å²) >= 11 is -1.27. The Bertz CT molecular complexity index is 1150. The summed E-state index contributed by atoms with van der Waals surface area (Å²) in [6.07, 6.45) is 1.77. The van der Waals surface area contributed by atoms with E-state index in [4.69, 9.17) is 14.5 Å². The Morgan fingerprint density at radius 3 is 2.47 bits per heavy atom. The molecule has 0 radical (unpaired) electrons. The molecule has 1 aromatic carbocycles. The number of nitrogens with zero attached hydrogens (tertiary/aromatic N) is 2. The summed E-state index contributed by atoms with van der Waals surface area (Å²) in [7, 11) is 1.62. The summed E-state index contributed by atoms with van der Waals surface area (Å²) in [6.45, 7) is 11.6. The van der Waals surface area contributed by atoms with Gasteiger partial charge in [-0.1, -0.05) is 12.1 Å². The fourth-order valence-electron chi connectivity index (χ4n) is 3.21. The Labute approximate surface area is 192 Å². The van der Waals surface area contributed by atoms with Crippen molar-refractivity contribution in [1.82, 2.24) is 14.1 Å². The van der Waals surface area contributed by atoms with Gasteiger partial charge in [-0.2, -0.15) is 4.98 Å². The van der Waals surface area contributed by atoms with Crippen LogP contribution in [0.2, 0.25) is 0 Å². The SMILES string of the molecule is COc1ccc(COc2nc3c([C@@H](C)N[S+]([O-])C(C)(C)C)cc(C)cn3c(=O)c2C)cc1. The van der Waals surface area contributed by atoms with Crippen LogP contribution in [0.1, 0.15) is 56.0 Å². The summed E-state index contributed by atoms with van der Waals surface area (Å²) in [5, 5.41) is 0. The molecule has 2 aromatic heterocycles. The summed E-state index contributed by atoms with van der Waals surface area (Å²) in [5.74, 6) is 1.06. The average molecular weight is 458 g/mol. The molecule has 32 heavy (non-hydrogen) atoms. The van der Waals surface area contributed by atoms with Crippen molar-refractivity contribution in [2.75, 3.05) is 7.11 Å². The number of fused-ring (bicyclic) bond motifs is 1. The first-order chi connectivity index (χ1) is 15.0. The molecule has 7 nitrogen and oxygen atoms in total. The summed E-state index contributed by atoms with van der Waals surface area (Å²) in [6, 6.07) is 9.21. The molecule has 3 aromatic rings. The van der Waals surface area contributed by atoms with Gasteiger partial charge in [0.05, 0.1) is 18.7 Å². The van der Waals surface area contributed by atoms with E-state index in [1.807, 2.05) is 65.0 Å². The predicted octanol–water partition coefficient (Wildman–Crippen LogP) is 4.01. The van der Waals surface area contributed by atoms with E-state index in [-0.39, 0.29) is 18.2 Å². The van der Waals surface area contributed by atoms with Gasteiger partial charge in [-0.3, -0.25) is 9.20 Å². The van der Waals surface area contributed by atoms with Gasteiger partial charge in [-0.05, 0) is 70.9 Å². The van der Waals surface area contributed by atoms with E-state index < -0.39 is 16.1 Å². The smallest absolute Gasteiger partial charge is 0.264 e. The lowest BCUT2D eigenvalue weighted by Crippen LogP contribution is -2.40. The first kappa shape index (κ1) is 24.1. The number of benzene rings is 1. The van der Waals surface area contributed by atoms with Crippen molar-refractivity contribution < 1.29 is 14.0 Å². The lowest BCUT2D eigenvalue weighted by Gasteiger charge is -2.27. The second-order valence-electron chi connectivity index (χ2n) is 8.87. The van der Waals surface area contributed by atoms with E-state index in [1.165, 1.54) is 0 Å². The maximum absolute atomic E-state index is 13.1. The molecule has 0 bridgehead atoms. The molecule has 0 amide bonds. The monoisotopic (exact) mass is 457 g/mol. The van der Waals surface area contributed by atoms with Crippen molar-refractivity contribution in [2.24, 2.45) is 0 Å². The maximum atomic E-state index is 13.1. The van der Waals surface area contributed by atoms with Crippen LogP contribution in [0.4, 0.5) is 0 Å². The summed E-state index contributed by atoms with van der Waals surface area (Å²) < 4.78 is 28.0. The van der Waals surface area contributed by atoms with E-state index in [2.05, 4.69) is 4.72 Å². The van der Waals surface area contributed by atoms with E-state index in [1.54, 1.807) is 24.6 Å². The number of aromatic nitrogens is 2. The van der Waals surface area contributed by atoms with E-state index in [0.717, 1.165) is 22.4 Å². The highest BCUT2D eigenvalue weighted by Crippen LogP contribution is 2.25. The Balaban J connectivity index is 1.98. The van der Waals surface area contributed by atoms with Gasteiger partial charge in [0.2, 0.25) is 5.88 Å². The molecule has 0 saturated heterocycles. The van der Waals surface area contributed by atoms with Gasteiger partial charge in [0.1, 0.15) is 22.8 Å². The highest BCUT2D eigenvalue weighted by molar-refractivity contribution is 7.90. The zero-order valence-electron chi connectivity index (χ0n) is 19.7. The number of aryl methyl sites for hydroxylation is 1. The molecule has 0 saturated carbocycles. The Kier molecular flexibility index (Phi) is 7.17. The van der Waals surface area contributed by atoms with Crippen LogP contribution in [0.25, 0.3) is 5.65 Å². The number of methoxy groups -OCH3 is 1. The number of nitrogens with one attached hydrogen (secondary N) is 1. The molecule has 0 aliphatic rings. The quantitative estimate of drug-likeness (QED) is 0.540. The number of hydrogen-bond acceptors (Lipinski definition) is 6. The third-order valence-electron chi connectivity index (χ3n) is 5.11. The van der Waals surface area contributed by atoms with E-state index in [9.17, 15) is 9.35 Å². The molecule has 1 N–H and O–H groups in total. The molecule has 172 valence electrons. The third kappa shape index (κ3) is 5.26. The van der Waals surface area contributed by atoms with Crippen LogP contribution >= 0.6 is 0 Å². The van der Waals surface area contributed by atoms with Crippen LogP contribution in [-0.4, -0.2) is 25.8 Å². The van der Waals surface area contributed by atoms with Gasteiger partial charge >= 0.3 is 0 Å². The lowest BCUT2D eigenvalue weighted by atomic mass is 10.1. The van der Waals surface area contributed by atoms with Crippen LogP contribution in [0.5, 0.6) is 11.6 Å². The highest BCUT2D eigenvalue weighted by atomic mass is 32.2. The number of pyridine rings is 1. The van der Waals surface area contributed by atoms with Crippen LogP contribution in [-0.2, 0) is 18.0 Å². The molecule has 0 fully saturated rings. The minimum Gasteiger partial charge on any atom is -0.598 e. The minimum atomic E-state index is -1.27. The fraction of sp³-hybridized carbons (Fsp3) is 0.417. The summed E-state index contributed by atoms with van der Waals surface area (Å²) in [4.78, 5) is 17.8. The zero-order chi connectivity index (χ0) is 23.6. The minimum absolute atomic E-state index is 0.186. The molecule has 8 heteroatoms. The number of rotatable bonds is 7. The van der Waals surface area contributed by atoms with Crippen molar-refractivity contribution >= 4 is 17.0 Å². The highest BCUT2D eigenvalue weighted by Gasteiger charge is 2.29. The normalized spacial score (nSPS) is 13.8. The third-order valence-corrected chi connectivity index (χ3v) is 6.79. The lowest BCUT2D eigenvalue weighted by molar-refractivity contribution is 0.291. The average Bonchev–Trinajstić information content (AvgIpc) is 2.74. The first-order valence-corrected chi connectivity index (χ1v) is 11.6. The number of ether oxygens (including phenoxy) is 2. The molecule has 0 aliphatic heterocycles. The predicted molar refractivity (Wildman–Crippen MR) is 128 cm³/mol. The topological polar surface area (TPSA) is 87.9 Å². The van der Waals surface area contributed by atoms with Crippen LogP contribution in [0, 0.1) is 13.8 Å². The van der Waals surface area contributed by atoms with Crippen LogP contribution in [0.3, 0.4) is 0 Å². The van der Waals surface area contributed by atoms with Crippen LogP contribution < -0.4 is 19.8 Å². The van der Waals surface area contributed by atoms with E-state index in [0.29, 0.717) is 17.1 Å². The van der Waals surface area contributed by atoms with Crippen LogP contribution in [0.15, 0.2) is 41.3 Å². The van der Waals surface area contributed by atoms with Crippen molar-refractivity contribution in [2.45, 2.75) is 58.9 Å². The molecular weight excluding hydrogens is 426 g/mol. The second-order valence-corrected chi connectivity index (χ2v) is 10.9. The molecule has 0 spiro atoms. The molecule has 1 unspecified atom stereocenters. The van der Waals surface area contributed by atoms with Crippen molar-refractivity contribution in [3.8, 4) is 11.6 Å². The Morgan fingerprint density at radius 1 is 1.22 bits per heavy atom.